The maximum Gasteiger partial charge on any atom is 0.274 e. The number of pyridine rings is 1. The largest absolute Gasteiger partial charge is 0.341 e. The first-order chi connectivity index (χ1) is 13.2. The van der Waals surface area contributed by atoms with Crippen LogP contribution in [0.5, 0.6) is 0 Å². The fourth-order valence-electron chi connectivity index (χ4n) is 3.37. The van der Waals surface area contributed by atoms with E-state index in [0.717, 1.165) is 25.1 Å². The van der Waals surface area contributed by atoms with E-state index < -0.39 is 0 Å². The van der Waals surface area contributed by atoms with Crippen LogP contribution in [0.1, 0.15) is 28.0 Å². The van der Waals surface area contributed by atoms with Crippen LogP contribution in [0.2, 0.25) is 0 Å². The lowest BCUT2D eigenvalue weighted by atomic mass is 10.0. The Kier molecular flexibility index (Phi) is 4.54. The van der Waals surface area contributed by atoms with E-state index in [1.54, 1.807) is 30.5 Å². The minimum atomic E-state index is -0.294. The number of anilines is 3. The Morgan fingerprint density at radius 1 is 1.11 bits per heavy atom. The van der Waals surface area contributed by atoms with Gasteiger partial charge >= 0.3 is 0 Å². The third-order valence-corrected chi connectivity index (χ3v) is 4.65. The molecule has 132 valence electrons. The molecule has 27 heavy (non-hydrogen) atoms. The summed E-state index contributed by atoms with van der Waals surface area (Å²) in [6, 6.07) is 21.0. The van der Waals surface area contributed by atoms with E-state index in [9.17, 15) is 4.79 Å². The first kappa shape index (κ1) is 16.8. The molecule has 0 unspecified atom stereocenters. The number of para-hydroxylation sites is 1. The van der Waals surface area contributed by atoms with Gasteiger partial charge in [0.2, 0.25) is 0 Å². The fourth-order valence-corrected chi connectivity index (χ4v) is 3.37. The van der Waals surface area contributed by atoms with Gasteiger partial charge in [-0.05, 0) is 54.8 Å². The summed E-state index contributed by atoms with van der Waals surface area (Å²) in [6.07, 6.45) is 3.80. The van der Waals surface area contributed by atoms with Crippen molar-refractivity contribution < 1.29 is 4.79 Å². The number of carbonyl (C=O) groups excluding carboxylic acids is 1. The number of aromatic nitrogens is 1. The van der Waals surface area contributed by atoms with Crippen molar-refractivity contribution in [2.45, 2.75) is 12.8 Å². The fraction of sp³-hybridized carbons (Fsp3) is 0.136. The molecule has 0 bridgehead atoms. The van der Waals surface area contributed by atoms with Crippen LogP contribution in [-0.2, 0) is 6.42 Å². The Hall–Kier alpha value is -3.65. The van der Waals surface area contributed by atoms with Crippen LogP contribution in [0.4, 0.5) is 17.1 Å². The summed E-state index contributed by atoms with van der Waals surface area (Å²) in [5.41, 5.74) is 4.88. The van der Waals surface area contributed by atoms with Gasteiger partial charge in [-0.2, -0.15) is 5.26 Å². The summed E-state index contributed by atoms with van der Waals surface area (Å²) in [4.78, 5) is 19.1. The summed E-state index contributed by atoms with van der Waals surface area (Å²) >= 11 is 0. The molecular formula is C22H18N4O. The molecule has 0 atom stereocenters. The zero-order valence-electron chi connectivity index (χ0n) is 14.7. The molecule has 2 aromatic carbocycles. The number of aryl methyl sites for hydroxylation is 1. The normalized spacial score (nSPS) is 12.8. The van der Waals surface area contributed by atoms with Gasteiger partial charge in [0.15, 0.2) is 0 Å². The smallest absolute Gasteiger partial charge is 0.274 e. The number of hydrogen-bond donors (Lipinski definition) is 1. The predicted octanol–water partition coefficient (Wildman–Crippen LogP) is 4.29. The topological polar surface area (TPSA) is 69.0 Å². The summed E-state index contributed by atoms with van der Waals surface area (Å²) < 4.78 is 0. The Bertz CT molecular complexity index is 1040. The highest BCUT2D eigenvalue weighted by Gasteiger charge is 2.19. The quantitative estimate of drug-likeness (QED) is 0.762. The van der Waals surface area contributed by atoms with Crippen LogP contribution in [0.25, 0.3) is 0 Å². The van der Waals surface area contributed by atoms with E-state index in [0.29, 0.717) is 16.9 Å². The lowest BCUT2D eigenvalue weighted by molar-refractivity contribution is 0.102. The monoisotopic (exact) mass is 354 g/mol. The first-order valence-corrected chi connectivity index (χ1v) is 8.87. The highest BCUT2D eigenvalue weighted by atomic mass is 16.1. The third-order valence-electron chi connectivity index (χ3n) is 4.65. The number of hydrogen-bond acceptors (Lipinski definition) is 4. The van der Waals surface area contributed by atoms with Crippen LogP contribution in [0.15, 0.2) is 66.9 Å². The second-order valence-corrected chi connectivity index (χ2v) is 6.43. The SMILES string of the molecule is N#Cc1cccc(NC(=O)c2cc(N3CCCc4ccccc43)ccn2)c1. The molecule has 0 saturated heterocycles. The van der Waals surface area contributed by atoms with Crippen molar-refractivity contribution in [3.63, 3.8) is 0 Å². The molecule has 0 aliphatic carbocycles. The Labute approximate surface area is 157 Å². The number of nitriles is 1. The van der Waals surface area contributed by atoms with Gasteiger partial charge < -0.3 is 10.2 Å². The van der Waals surface area contributed by atoms with Gasteiger partial charge in [0, 0.05) is 29.8 Å². The maximum atomic E-state index is 12.6. The van der Waals surface area contributed by atoms with Gasteiger partial charge in [-0.25, -0.2) is 0 Å². The Morgan fingerprint density at radius 3 is 2.89 bits per heavy atom. The molecule has 0 fully saturated rings. The van der Waals surface area contributed by atoms with Crippen LogP contribution in [0, 0.1) is 11.3 Å². The number of rotatable bonds is 3. The number of amides is 1. The molecule has 5 nitrogen and oxygen atoms in total. The molecule has 0 spiro atoms. The molecule has 1 aromatic heterocycles. The second-order valence-electron chi connectivity index (χ2n) is 6.43. The van der Waals surface area contributed by atoms with Crippen molar-refractivity contribution in [2.75, 3.05) is 16.8 Å². The lowest BCUT2D eigenvalue weighted by Gasteiger charge is -2.31. The molecule has 0 saturated carbocycles. The Balaban J connectivity index is 1.60. The van der Waals surface area contributed by atoms with E-state index in [-0.39, 0.29) is 5.91 Å². The number of fused-ring (bicyclic) bond motifs is 1. The van der Waals surface area contributed by atoms with Crippen molar-refractivity contribution in [3.8, 4) is 6.07 Å². The molecule has 1 N–H and O–H groups in total. The highest BCUT2D eigenvalue weighted by Crippen LogP contribution is 2.33. The van der Waals surface area contributed by atoms with Gasteiger partial charge in [0.25, 0.3) is 5.91 Å². The van der Waals surface area contributed by atoms with E-state index in [4.69, 9.17) is 5.26 Å². The zero-order chi connectivity index (χ0) is 18.6. The van der Waals surface area contributed by atoms with Gasteiger partial charge in [0.05, 0.1) is 11.6 Å². The van der Waals surface area contributed by atoms with Crippen molar-refractivity contribution in [1.29, 1.82) is 5.26 Å². The summed E-state index contributed by atoms with van der Waals surface area (Å²) in [5.74, 6) is -0.294. The van der Waals surface area contributed by atoms with E-state index in [1.165, 1.54) is 11.3 Å². The van der Waals surface area contributed by atoms with Crippen molar-refractivity contribution >= 4 is 23.0 Å². The number of nitrogens with one attached hydrogen (secondary N) is 1. The molecule has 0 radical (unpaired) electrons. The summed E-state index contributed by atoms with van der Waals surface area (Å²) in [7, 11) is 0. The van der Waals surface area contributed by atoms with Gasteiger partial charge in [-0.3, -0.25) is 9.78 Å². The van der Waals surface area contributed by atoms with Gasteiger partial charge in [0.1, 0.15) is 5.69 Å². The lowest BCUT2D eigenvalue weighted by Crippen LogP contribution is -2.25. The number of nitrogens with zero attached hydrogens (tertiary/aromatic N) is 3. The first-order valence-electron chi connectivity index (χ1n) is 8.87. The van der Waals surface area contributed by atoms with E-state index in [2.05, 4.69) is 39.5 Å². The standard InChI is InChI=1S/C22H18N4O/c23-15-16-5-3-8-18(13-16)25-22(27)20-14-19(10-11-24-20)26-12-4-7-17-6-1-2-9-21(17)26/h1-3,5-6,8-11,13-14H,4,7,12H2,(H,25,27). The summed E-state index contributed by atoms with van der Waals surface area (Å²) in [6.45, 7) is 0.909. The predicted molar refractivity (Wildman–Crippen MR) is 105 cm³/mol. The highest BCUT2D eigenvalue weighted by molar-refractivity contribution is 6.03. The maximum absolute atomic E-state index is 12.6. The van der Waals surface area contributed by atoms with Crippen molar-refractivity contribution in [3.05, 3.63) is 83.7 Å². The number of carbonyl (C=O) groups is 1. The minimum Gasteiger partial charge on any atom is -0.341 e. The third kappa shape index (κ3) is 3.51. The zero-order valence-corrected chi connectivity index (χ0v) is 14.7. The van der Waals surface area contributed by atoms with Crippen LogP contribution >= 0.6 is 0 Å². The van der Waals surface area contributed by atoms with Crippen LogP contribution in [-0.4, -0.2) is 17.4 Å². The molecule has 1 aliphatic rings. The van der Waals surface area contributed by atoms with E-state index >= 15 is 0 Å². The molecule has 1 amide bonds. The van der Waals surface area contributed by atoms with E-state index in [1.807, 2.05) is 18.2 Å². The molecule has 4 rings (SSSR count). The van der Waals surface area contributed by atoms with Crippen LogP contribution in [0.3, 0.4) is 0 Å². The molecule has 2 heterocycles. The molecule has 3 aromatic rings. The number of benzene rings is 2. The van der Waals surface area contributed by atoms with Crippen LogP contribution < -0.4 is 10.2 Å². The summed E-state index contributed by atoms with van der Waals surface area (Å²) in [5, 5.41) is 11.8. The average molecular weight is 354 g/mol. The van der Waals surface area contributed by atoms with Crippen molar-refractivity contribution in [1.82, 2.24) is 4.98 Å². The average Bonchev–Trinajstić information content (AvgIpc) is 2.73. The van der Waals surface area contributed by atoms with Crippen molar-refractivity contribution in [2.24, 2.45) is 0 Å². The van der Waals surface area contributed by atoms with Gasteiger partial charge in [-0.15, -0.1) is 0 Å². The van der Waals surface area contributed by atoms with Gasteiger partial charge in [-0.1, -0.05) is 24.3 Å². The molecular weight excluding hydrogens is 336 g/mol. The molecule has 1 aliphatic heterocycles. The minimum absolute atomic E-state index is 0.294. The second kappa shape index (κ2) is 7.30. The molecule has 5 heteroatoms. The Morgan fingerprint density at radius 2 is 2.00 bits per heavy atom.